The molecule has 3 rings (SSSR count). The summed E-state index contributed by atoms with van der Waals surface area (Å²) in [7, 11) is -2.18. The van der Waals surface area contributed by atoms with Gasteiger partial charge < -0.3 is 23.4 Å². The Morgan fingerprint density at radius 2 is 1.52 bits per heavy atom. The summed E-state index contributed by atoms with van der Waals surface area (Å²) in [5.74, 6) is 0.200. The molecule has 0 aliphatic carbocycles. The van der Waals surface area contributed by atoms with Crippen LogP contribution in [-0.4, -0.2) is 57.8 Å². The van der Waals surface area contributed by atoms with Gasteiger partial charge in [0.25, 0.3) is 0 Å². The third kappa shape index (κ3) is 11.0. The zero-order valence-corrected chi connectivity index (χ0v) is 30.8. The second kappa shape index (κ2) is 18.4. The van der Waals surface area contributed by atoms with Gasteiger partial charge >= 0.3 is 0 Å². The largest absolute Gasteiger partial charge is 0.414 e. The molecule has 1 fully saturated rings. The minimum atomic E-state index is -2.19. The van der Waals surface area contributed by atoms with E-state index in [4.69, 9.17) is 23.4 Å². The van der Waals surface area contributed by atoms with Gasteiger partial charge in [0.2, 0.25) is 0 Å². The predicted molar refractivity (Wildman–Crippen MR) is 185 cm³/mol. The lowest BCUT2D eigenvalue weighted by atomic mass is 9.81. The fourth-order valence-electron chi connectivity index (χ4n) is 5.47. The van der Waals surface area contributed by atoms with Gasteiger partial charge in [0.1, 0.15) is 12.2 Å². The molecule has 0 amide bonds. The molecule has 1 saturated heterocycles. The first-order valence-corrected chi connectivity index (χ1v) is 20.4. The number of azide groups is 1. The second-order valence-electron chi connectivity index (χ2n) is 13.8. The van der Waals surface area contributed by atoms with Crippen LogP contribution in [0.3, 0.4) is 0 Å². The molecule has 1 aliphatic rings. The molecule has 0 radical (unpaired) electrons. The van der Waals surface area contributed by atoms with Crippen LogP contribution in [-0.2, 0) is 41.2 Å². The molecule has 2 aromatic carbocycles. The van der Waals surface area contributed by atoms with Crippen LogP contribution in [0.25, 0.3) is 10.4 Å². The number of hydrogen-bond acceptors (Lipinski definition) is 7. The van der Waals surface area contributed by atoms with Crippen LogP contribution >= 0.6 is 8.46 Å². The fourth-order valence-corrected chi connectivity index (χ4v) is 6.84. The number of benzene rings is 2. The highest BCUT2D eigenvalue weighted by Crippen LogP contribution is 2.39. The maximum absolute atomic E-state index is 11.8. The van der Waals surface area contributed by atoms with E-state index in [1.165, 1.54) is 0 Å². The lowest BCUT2D eigenvalue weighted by Crippen LogP contribution is -2.55. The van der Waals surface area contributed by atoms with Crippen LogP contribution in [0.2, 0.25) is 18.1 Å². The van der Waals surface area contributed by atoms with Crippen molar-refractivity contribution in [1.82, 2.24) is 0 Å². The highest BCUT2D eigenvalue weighted by atomic mass is 31.1. The summed E-state index contributed by atoms with van der Waals surface area (Å²) in [5.41, 5.74) is 11.6. The van der Waals surface area contributed by atoms with Crippen molar-refractivity contribution >= 4 is 16.8 Å². The van der Waals surface area contributed by atoms with E-state index in [2.05, 4.69) is 64.7 Å². The molecule has 254 valence electrons. The second-order valence-corrected chi connectivity index (χ2v) is 19.4. The zero-order chi connectivity index (χ0) is 33.7. The quantitative estimate of drug-likeness (QED) is 0.0513. The van der Waals surface area contributed by atoms with Gasteiger partial charge in [-0.25, -0.2) is 0 Å². The van der Waals surface area contributed by atoms with E-state index in [1.807, 2.05) is 60.7 Å². The van der Waals surface area contributed by atoms with Crippen LogP contribution in [0, 0.1) is 11.8 Å². The Kier molecular flexibility index (Phi) is 15.3. The van der Waals surface area contributed by atoms with Gasteiger partial charge in [-0.05, 0) is 59.5 Å². The van der Waals surface area contributed by atoms with Gasteiger partial charge in [-0.1, -0.05) is 107 Å². The molecule has 0 aromatic heterocycles. The Labute approximate surface area is 278 Å². The van der Waals surface area contributed by atoms with Gasteiger partial charge in [0.15, 0.2) is 23.1 Å². The molecular formula is C35H54N3O6PSi. The Hall–Kier alpha value is -2.13. The molecule has 0 spiro atoms. The van der Waals surface area contributed by atoms with Gasteiger partial charge in [-0.15, -0.1) is 0 Å². The van der Waals surface area contributed by atoms with Crippen LogP contribution < -0.4 is 0 Å². The molecular weight excluding hydrogens is 617 g/mol. The lowest BCUT2D eigenvalue weighted by molar-refractivity contribution is -0.280. The monoisotopic (exact) mass is 671 g/mol. The maximum atomic E-state index is 11.8. The Morgan fingerprint density at radius 1 is 0.957 bits per heavy atom. The first-order valence-electron chi connectivity index (χ1n) is 16.5. The first-order chi connectivity index (χ1) is 21.9. The predicted octanol–water partition coefficient (Wildman–Crippen LogP) is 9.33. The van der Waals surface area contributed by atoms with E-state index in [0.29, 0.717) is 25.8 Å². The normalized spacial score (nSPS) is 24.2. The van der Waals surface area contributed by atoms with Crippen molar-refractivity contribution in [2.45, 2.75) is 122 Å². The Morgan fingerprint density at radius 3 is 2.02 bits per heavy atom. The highest BCUT2D eigenvalue weighted by molar-refractivity contribution is 7.23. The lowest BCUT2D eigenvalue weighted by Gasteiger charge is -2.46. The third-order valence-electron chi connectivity index (χ3n) is 9.69. The van der Waals surface area contributed by atoms with Crippen molar-refractivity contribution in [3.63, 3.8) is 0 Å². The van der Waals surface area contributed by atoms with E-state index in [9.17, 15) is 10.1 Å². The van der Waals surface area contributed by atoms with E-state index in [-0.39, 0.29) is 38.0 Å². The average molecular weight is 672 g/mol. The fraction of sp³-hybridized carbons (Fsp3) is 0.657. The Balaban J connectivity index is 2.06. The van der Waals surface area contributed by atoms with Crippen LogP contribution in [0.1, 0.15) is 65.5 Å². The first kappa shape index (κ1) is 38.3. The van der Waals surface area contributed by atoms with E-state index >= 15 is 0 Å². The summed E-state index contributed by atoms with van der Waals surface area (Å²) >= 11 is 0. The van der Waals surface area contributed by atoms with Crippen molar-refractivity contribution in [2.24, 2.45) is 17.0 Å². The van der Waals surface area contributed by atoms with Gasteiger partial charge in [0, 0.05) is 11.1 Å². The molecule has 8 atom stereocenters. The summed E-state index contributed by atoms with van der Waals surface area (Å²) in [6.07, 6.45) is -1.02. The van der Waals surface area contributed by atoms with Gasteiger partial charge in [-0.3, -0.25) is 4.57 Å². The smallest absolute Gasteiger partial charge is 0.192 e. The van der Waals surface area contributed by atoms with Gasteiger partial charge in [-0.2, -0.15) is 0 Å². The number of hydrogen-bond donors (Lipinski definition) is 0. The topological polar surface area (TPSA) is 112 Å². The minimum Gasteiger partial charge on any atom is -0.414 e. The molecule has 0 bridgehead atoms. The molecule has 0 saturated carbocycles. The standard InChI is InChI=1S/C35H54N3O6PSi/c1-9-29-25(2)26(3)32(37-38-36)34(43-29)44-33(30(20-21-45-39)40-22-27-16-12-10-13-17-27)31(24-42-46(7,8)35(4,5)6)41-23-28-18-14-11-15-19-28/h10-19,25-26,29-34H,9,20-24H2,1-8H3/t25-,26-,29?,30+,31-,32?,33+,34-/m0/s1. The van der Waals surface area contributed by atoms with E-state index < -0.39 is 39.0 Å². The van der Waals surface area contributed by atoms with Crippen molar-refractivity contribution in [3.8, 4) is 0 Å². The van der Waals surface area contributed by atoms with Crippen LogP contribution in [0.5, 0.6) is 0 Å². The molecule has 46 heavy (non-hydrogen) atoms. The average Bonchev–Trinajstić information content (AvgIpc) is 3.04. The third-order valence-corrected chi connectivity index (χ3v) is 14.6. The zero-order valence-electron chi connectivity index (χ0n) is 28.9. The summed E-state index contributed by atoms with van der Waals surface area (Å²) in [5, 5.41) is 4.16. The highest BCUT2D eigenvalue weighted by Gasteiger charge is 2.45. The SMILES string of the molecule is CCC1O[C@@H](O[C@@H]([C@H](CO[Si](C)(C)C(C)(C)C)OCc2ccccc2)[C@@H](CCP=O)OCc2ccccc2)C(N=[N+]=[N-])[C@@H](C)[C@@H]1C. The molecule has 11 heteroatoms. The van der Waals surface area contributed by atoms with Crippen LogP contribution in [0.4, 0.5) is 0 Å². The van der Waals surface area contributed by atoms with Crippen molar-refractivity contribution in [1.29, 1.82) is 0 Å². The summed E-state index contributed by atoms with van der Waals surface area (Å²) in [6, 6.07) is 19.4. The molecule has 2 unspecified atom stereocenters. The molecule has 1 heterocycles. The molecule has 0 N–H and O–H groups in total. The van der Waals surface area contributed by atoms with Crippen molar-refractivity contribution < 1.29 is 27.9 Å². The molecule has 1 aliphatic heterocycles. The Bertz CT molecular complexity index is 1230. The maximum Gasteiger partial charge on any atom is 0.192 e. The van der Waals surface area contributed by atoms with Crippen molar-refractivity contribution in [2.75, 3.05) is 12.8 Å². The minimum absolute atomic E-state index is 0.0169. The number of nitrogens with zero attached hydrogens (tertiary/aromatic N) is 3. The number of ether oxygens (including phenoxy) is 4. The summed E-state index contributed by atoms with van der Waals surface area (Å²) < 4.78 is 45.4. The van der Waals surface area contributed by atoms with E-state index in [0.717, 1.165) is 17.5 Å². The van der Waals surface area contributed by atoms with Crippen LogP contribution in [0.15, 0.2) is 65.8 Å². The molecule has 9 nitrogen and oxygen atoms in total. The van der Waals surface area contributed by atoms with Crippen molar-refractivity contribution in [3.05, 3.63) is 82.2 Å². The van der Waals surface area contributed by atoms with E-state index in [1.54, 1.807) is 0 Å². The summed E-state index contributed by atoms with van der Waals surface area (Å²) in [6.45, 7) is 18.3. The summed E-state index contributed by atoms with van der Waals surface area (Å²) in [4.78, 5) is 3.18. The number of rotatable bonds is 18. The molecule has 2 aromatic rings. The van der Waals surface area contributed by atoms with Gasteiger partial charge in [0.05, 0.1) is 38.1 Å².